The molecule has 2 atom stereocenters. The van der Waals surface area contributed by atoms with Crippen LogP contribution in [0.15, 0.2) is 22.8 Å². The average Bonchev–Trinajstić information content (AvgIpc) is 3.03. The molecule has 0 N–H and O–H groups in total. The Morgan fingerprint density at radius 1 is 1.38 bits per heavy atom. The van der Waals surface area contributed by atoms with Gasteiger partial charge in [-0.3, -0.25) is 9.78 Å². The van der Waals surface area contributed by atoms with Gasteiger partial charge in [0.2, 0.25) is 5.91 Å². The molecule has 1 aliphatic carbocycles. The lowest BCUT2D eigenvalue weighted by atomic mass is 10.1. The Kier molecular flexibility index (Phi) is 7.12. The smallest absolute Gasteiger partial charge is 0.223 e. The monoisotopic (exact) mass is 424 g/mol. The molecule has 0 spiro atoms. The van der Waals surface area contributed by atoms with Crippen LogP contribution < -0.4 is 4.90 Å². The summed E-state index contributed by atoms with van der Waals surface area (Å²) in [6.07, 6.45) is 6.07. The van der Waals surface area contributed by atoms with Crippen molar-refractivity contribution in [3.05, 3.63) is 34.2 Å². The van der Waals surface area contributed by atoms with Gasteiger partial charge in [-0.2, -0.15) is 0 Å². The zero-order chi connectivity index (χ0) is 19.4. The molecule has 0 aliphatic heterocycles. The largest absolute Gasteiger partial charge is 0.381 e. The molecular weight excluding hydrogens is 399 g/mol. The first-order valence-corrected chi connectivity index (χ1v) is 9.55. The molecule has 3 rings (SSSR count). The van der Waals surface area contributed by atoms with Crippen LogP contribution >= 0.6 is 15.9 Å². The predicted molar refractivity (Wildman–Crippen MR) is 107 cm³/mol. The number of rotatable bonds is 2. The third-order valence-electron chi connectivity index (χ3n) is 4.97. The summed E-state index contributed by atoms with van der Waals surface area (Å²) >= 11 is 3.16. The summed E-state index contributed by atoms with van der Waals surface area (Å²) in [5.74, 6) is 0.488. The van der Waals surface area contributed by atoms with Crippen LogP contribution in [-0.4, -0.2) is 31.2 Å². The van der Waals surface area contributed by atoms with Crippen LogP contribution in [0.3, 0.4) is 0 Å². The highest BCUT2D eigenvalue weighted by Crippen LogP contribution is 2.29. The number of aromatic nitrogens is 1. The number of halogens is 2. The van der Waals surface area contributed by atoms with Crippen LogP contribution in [0, 0.1) is 18.7 Å². The first-order chi connectivity index (χ1) is 12.2. The molecule has 2 aromatic rings. The molecular formula is C20H26BrFN2O2. The Balaban J connectivity index is 0.000000254. The molecule has 1 amide bonds. The SMILES string of the molecule is CC(=O)N(C)c1cnc2cc(F)c(Br)cc2c1C.COC1CCC(C)C1. The maximum atomic E-state index is 13.4. The van der Waals surface area contributed by atoms with Gasteiger partial charge in [-0.1, -0.05) is 6.92 Å². The van der Waals surface area contributed by atoms with Crippen LogP contribution in [0.25, 0.3) is 10.9 Å². The van der Waals surface area contributed by atoms with Gasteiger partial charge in [0.1, 0.15) is 5.82 Å². The summed E-state index contributed by atoms with van der Waals surface area (Å²) in [6, 6.07) is 3.06. The first-order valence-electron chi connectivity index (χ1n) is 8.76. The zero-order valence-corrected chi connectivity index (χ0v) is 17.6. The summed E-state index contributed by atoms with van der Waals surface area (Å²) < 4.78 is 19.0. The second-order valence-electron chi connectivity index (χ2n) is 6.91. The summed E-state index contributed by atoms with van der Waals surface area (Å²) in [5.41, 5.74) is 2.21. The van der Waals surface area contributed by atoms with E-state index in [0.717, 1.165) is 22.6 Å². The zero-order valence-electron chi connectivity index (χ0n) is 16.0. The van der Waals surface area contributed by atoms with Gasteiger partial charge >= 0.3 is 0 Å². The topological polar surface area (TPSA) is 42.4 Å². The lowest BCUT2D eigenvalue weighted by Gasteiger charge is -2.18. The molecule has 0 bridgehead atoms. The summed E-state index contributed by atoms with van der Waals surface area (Å²) in [7, 11) is 3.50. The Hall–Kier alpha value is -1.53. The molecule has 1 aliphatic rings. The van der Waals surface area contributed by atoms with Gasteiger partial charge in [0.15, 0.2) is 0 Å². The highest BCUT2D eigenvalue weighted by Gasteiger charge is 2.19. The van der Waals surface area contributed by atoms with Crippen LogP contribution in [0.5, 0.6) is 0 Å². The molecule has 1 aromatic carbocycles. The standard InChI is InChI=1S/C13H12BrFN2O.C7H14O/c1-7-9-4-10(14)11(15)5-12(9)16-6-13(7)17(3)8(2)18;1-6-3-4-7(5-6)8-2/h4-6H,1-3H3;6-7H,3-5H2,1-2H3. The molecule has 26 heavy (non-hydrogen) atoms. The van der Waals surface area contributed by atoms with Gasteiger partial charge in [-0.15, -0.1) is 0 Å². The molecule has 1 heterocycles. The summed E-state index contributed by atoms with van der Waals surface area (Å²) in [5, 5.41) is 0.828. The third-order valence-corrected chi connectivity index (χ3v) is 5.57. The van der Waals surface area contributed by atoms with E-state index in [1.807, 2.05) is 14.0 Å². The maximum absolute atomic E-state index is 13.4. The fraction of sp³-hybridized carbons (Fsp3) is 0.500. The average molecular weight is 425 g/mol. The van der Waals surface area contributed by atoms with E-state index in [0.29, 0.717) is 16.1 Å². The van der Waals surface area contributed by atoms with Gasteiger partial charge in [-0.25, -0.2) is 4.39 Å². The Labute approximate surface area is 162 Å². The number of anilines is 1. The van der Waals surface area contributed by atoms with Gasteiger partial charge in [0, 0.05) is 32.5 Å². The molecule has 1 saturated carbocycles. The molecule has 1 fully saturated rings. The Bertz CT molecular complexity index is 797. The van der Waals surface area contributed by atoms with Crippen LogP contribution in [0.4, 0.5) is 10.1 Å². The Morgan fingerprint density at radius 3 is 2.58 bits per heavy atom. The van der Waals surface area contributed by atoms with E-state index in [1.165, 1.54) is 37.2 Å². The summed E-state index contributed by atoms with van der Waals surface area (Å²) in [6.45, 7) is 5.67. The van der Waals surface area contributed by atoms with Crippen LogP contribution in [0.1, 0.15) is 38.7 Å². The van der Waals surface area contributed by atoms with E-state index < -0.39 is 0 Å². The van der Waals surface area contributed by atoms with Crippen molar-refractivity contribution in [1.29, 1.82) is 0 Å². The van der Waals surface area contributed by atoms with Crippen molar-refractivity contribution in [2.24, 2.45) is 5.92 Å². The number of hydrogen-bond acceptors (Lipinski definition) is 3. The molecule has 0 saturated heterocycles. The third kappa shape index (κ3) is 4.80. The number of carbonyl (C=O) groups is 1. The second kappa shape index (κ2) is 8.91. The first kappa shape index (κ1) is 20.8. The van der Waals surface area contributed by atoms with Crippen molar-refractivity contribution in [2.45, 2.75) is 46.1 Å². The minimum atomic E-state index is -0.345. The number of aryl methyl sites for hydroxylation is 1. The number of benzene rings is 1. The van der Waals surface area contributed by atoms with E-state index >= 15 is 0 Å². The number of hydrogen-bond donors (Lipinski definition) is 0. The van der Waals surface area contributed by atoms with E-state index in [4.69, 9.17) is 4.74 Å². The minimum Gasteiger partial charge on any atom is -0.381 e. The number of nitrogens with zero attached hydrogens (tertiary/aromatic N) is 2. The lowest BCUT2D eigenvalue weighted by molar-refractivity contribution is -0.116. The van der Waals surface area contributed by atoms with Crippen LogP contribution in [-0.2, 0) is 9.53 Å². The number of pyridine rings is 1. The van der Waals surface area contributed by atoms with E-state index in [2.05, 4.69) is 27.8 Å². The number of fused-ring (bicyclic) bond motifs is 1. The quantitative estimate of drug-likeness (QED) is 0.660. The van der Waals surface area contributed by atoms with Gasteiger partial charge in [0.05, 0.1) is 28.0 Å². The van der Waals surface area contributed by atoms with Crippen LogP contribution in [0.2, 0.25) is 0 Å². The minimum absolute atomic E-state index is 0.0690. The van der Waals surface area contributed by atoms with E-state index in [9.17, 15) is 9.18 Å². The Morgan fingerprint density at radius 2 is 2.08 bits per heavy atom. The highest BCUT2D eigenvalue weighted by molar-refractivity contribution is 9.10. The normalized spacial score (nSPS) is 19.2. The van der Waals surface area contributed by atoms with Crippen molar-refractivity contribution in [1.82, 2.24) is 4.98 Å². The summed E-state index contributed by atoms with van der Waals surface area (Å²) in [4.78, 5) is 17.1. The van der Waals surface area contributed by atoms with E-state index in [-0.39, 0.29) is 11.7 Å². The van der Waals surface area contributed by atoms with Crippen molar-refractivity contribution < 1.29 is 13.9 Å². The fourth-order valence-electron chi connectivity index (χ4n) is 3.19. The fourth-order valence-corrected chi connectivity index (χ4v) is 3.53. The second-order valence-corrected chi connectivity index (χ2v) is 7.76. The molecule has 6 heteroatoms. The van der Waals surface area contributed by atoms with Gasteiger partial charge in [0.25, 0.3) is 0 Å². The highest BCUT2D eigenvalue weighted by atomic mass is 79.9. The molecule has 2 unspecified atom stereocenters. The van der Waals surface area contributed by atoms with Crippen molar-refractivity contribution >= 4 is 38.4 Å². The number of methoxy groups -OCH3 is 1. The van der Waals surface area contributed by atoms with Gasteiger partial charge < -0.3 is 9.64 Å². The number of carbonyl (C=O) groups excluding carboxylic acids is 1. The van der Waals surface area contributed by atoms with Crippen molar-refractivity contribution in [3.63, 3.8) is 0 Å². The molecule has 0 radical (unpaired) electrons. The molecule has 142 valence electrons. The lowest BCUT2D eigenvalue weighted by Crippen LogP contribution is -2.23. The number of amides is 1. The maximum Gasteiger partial charge on any atom is 0.223 e. The van der Waals surface area contributed by atoms with E-state index in [1.54, 1.807) is 19.3 Å². The van der Waals surface area contributed by atoms with Crippen molar-refractivity contribution in [3.8, 4) is 0 Å². The molecule has 4 nitrogen and oxygen atoms in total. The number of ether oxygens (including phenoxy) is 1. The van der Waals surface area contributed by atoms with Gasteiger partial charge in [-0.05, 0) is 59.7 Å². The van der Waals surface area contributed by atoms with Crippen molar-refractivity contribution in [2.75, 3.05) is 19.1 Å². The molecule has 1 aromatic heterocycles. The predicted octanol–water partition coefficient (Wildman–Crippen LogP) is 5.25.